The van der Waals surface area contributed by atoms with Crippen LogP contribution in [0, 0.1) is 6.92 Å². The zero-order chi connectivity index (χ0) is 19.8. The van der Waals surface area contributed by atoms with E-state index in [1.54, 1.807) is 7.11 Å². The van der Waals surface area contributed by atoms with E-state index in [2.05, 4.69) is 60.4 Å². The monoisotopic (exact) mass is 375 g/mol. The topological polar surface area (TPSA) is 32.7 Å². The lowest BCUT2D eigenvalue weighted by Gasteiger charge is -2.26. The minimum atomic E-state index is -0.412. The van der Waals surface area contributed by atoms with Crippen molar-refractivity contribution in [2.45, 2.75) is 32.5 Å². The van der Waals surface area contributed by atoms with Crippen molar-refractivity contribution in [1.29, 1.82) is 0 Å². The van der Waals surface area contributed by atoms with Gasteiger partial charge in [0.05, 0.1) is 13.2 Å². The van der Waals surface area contributed by atoms with E-state index in [1.165, 1.54) is 16.7 Å². The molecule has 146 valence electrons. The predicted molar refractivity (Wildman–Crippen MR) is 114 cm³/mol. The van der Waals surface area contributed by atoms with Crippen molar-refractivity contribution < 1.29 is 9.84 Å². The van der Waals surface area contributed by atoms with Gasteiger partial charge in [-0.3, -0.25) is 4.90 Å². The van der Waals surface area contributed by atoms with Gasteiger partial charge in [0.2, 0.25) is 0 Å². The highest BCUT2D eigenvalue weighted by Gasteiger charge is 2.14. The van der Waals surface area contributed by atoms with Gasteiger partial charge in [0, 0.05) is 19.6 Å². The van der Waals surface area contributed by atoms with E-state index in [0.717, 1.165) is 24.4 Å². The highest BCUT2D eigenvalue weighted by atomic mass is 16.5. The summed E-state index contributed by atoms with van der Waals surface area (Å²) < 4.78 is 5.26. The molecule has 3 nitrogen and oxygen atoms in total. The fraction of sp³-hybridized carbons (Fsp3) is 0.280. The zero-order valence-electron chi connectivity index (χ0n) is 16.7. The Morgan fingerprint density at radius 2 is 1.50 bits per heavy atom. The Hall–Kier alpha value is -2.62. The number of benzene rings is 3. The maximum Gasteiger partial charge on any atom is 0.118 e. The first-order valence-electron chi connectivity index (χ1n) is 9.75. The molecule has 1 N–H and O–H groups in total. The Morgan fingerprint density at radius 3 is 2.18 bits per heavy atom. The van der Waals surface area contributed by atoms with E-state index in [4.69, 9.17) is 4.74 Å². The van der Waals surface area contributed by atoms with E-state index in [-0.39, 0.29) is 0 Å². The Labute approximate surface area is 168 Å². The molecular formula is C25H29NO2. The van der Waals surface area contributed by atoms with E-state index in [0.29, 0.717) is 13.0 Å². The average molecular weight is 376 g/mol. The molecule has 3 heteroatoms. The summed E-state index contributed by atoms with van der Waals surface area (Å²) in [6, 6.07) is 26.9. The fourth-order valence-corrected chi connectivity index (χ4v) is 3.49. The molecule has 0 saturated carbocycles. The second-order valence-electron chi connectivity index (χ2n) is 7.35. The van der Waals surface area contributed by atoms with Crippen molar-refractivity contribution in [2.75, 3.05) is 13.7 Å². The number of aryl methyl sites for hydroxylation is 1. The number of ether oxygens (including phenoxy) is 1. The van der Waals surface area contributed by atoms with Gasteiger partial charge in [0.25, 0.3) is 0 Å². The Morgan fingerprint density at radius 1 is 0.821 bits per heavy atom. The van der Waals surface area contributed by atoms with Gasteiger partial charge in [0.1, 0.15) is 5.75 Å². The summed E-state index contributed by atoms with van der Waals surface area (Å²) >= 11 is 0. The lowest BCUT2D eigenvalue weighted by molar-refractivity contribution is 0.104. The molecule has 0 aliphatic rings. The summed E-state index contributed by atoms with van der Waals surface area (Å²) in [4.78, 5) is 2.31. The van der Waals surface area contributed by atoms with Crippen LogP contribution in [-0.4, -0.2) is 29.8 Å². The average Bonchev–Trinajstić information content (AvgIpc) is 2.69. The molecule has 3 aromatic rings. The van der Waals surface area contributed by atoms with Crippen LogP contribution in [0.3, 0.4) is 0 Å². The molecule has 1 atom stereocenters. The van der Waals surface area contributed by atoms with Crippen molar-refractivity contribution >= 4 is 0 Å². The maximum absolute atomic E-state index is 10.7. The van der Waals surface area contributed by atoms with Gasteiger partial charge in [-0.2, -0.15) is 0 Å². The smallest absolute Gasteiger partial charge is 0.118 e. The van der Waals surface area contributed by atoms with Gasteiger partial charge in [0.15, 0.2) is 0 Å². The molecule has 0 aliphatic carbocycles. The number of nitrogens with zero attached hydrogens (tertiary/aromatic N) is 1. The Kier molecular flexibility index (Phi) is 7.24. The van der Waals surface area contributed by atoms with Crippen LogP contribution in [0.4, 0.5) is 0 Å². The molecule has 0 fully saturated rings. The molecule has 3 rings (SSSR count). The molecule has 0 aromatic heterocycles. The summed E-state index contributed by atoms with van der Waals surface area (Å²) in [7, 11) is 1.68. The van der Waals surface area contributed by atoms with Crippen LogP contribution in [-0.2, 0) is 19.5 Å². The predicted octanol–water partition coefficient (Wildman–Crippen LogP) is 4.61. The molecule has 0 aliphatic heterocycles. The quantitative estimate of drug-likeness (QED) is 0.593. The van der Waals surface area contributed by atoms with Crippen LogP contribution in [0.1, 0.15) is 22.3 Å². The van der Waals surface area contributed by atoms with E-state index in [1.807, 2.05) is 30.3 Å². The molecule has 28 heavy (non-hydrogen) atoms. The van der Waals surface area contributed by atoms with Gasteiger partial charge in [-0.15, -0.1) is 0 Å². The van der Waals surface area contributed by atoms with Crippen LogP contribution in [0.2, 0.25) is 0 Å². The minimum Gasteiger partial charge on any atom is -0.497 e. The number of aliphatic hydroxyl groups excluding tert-OH is 1. The lowest BCUT2D eigenvalue weighted by Crippen LogP contribution is -2.33. The van der Waals surface area contributed by atoms with Crippen LogP contribution < -0.4 is 4.74 Å². The second-order valence-corrected chi connectivity index (χ2v) is 7.35. The zero-order valence-corrected chi connectivity index (χ0v) is 16.7. The number of methoxy groups -OCH3 is 1. The van der Waals surface area contributed by atoms with E-state index < -0.39 is 6.10 Å². The minimum absolute atomic E-state index is 0.412. The molecule has 0 unspecified atom stereocenters. The highest BCUT2D eigenvalue weighted by Crippen LogP contribution is 2.16. The first kappa shape index (κ1) is 20.1. The van der Waals surface area contributed by atoms with Crippen molar-refractivity contribution in [1.82, 2.24) is 4.90 Å². The third-order valence-corrected chi connectivity index (χ3v) is 4.84. The maximum atomic E-state index is 10.7. The summed E-state index contributed by atoms with van der Waals surface area (Å²) in [5.41, 5.74) is 4.89. The third-order valence-electron chi connectivity index (χ3n) is 4.84. The first-order valence-corrected chi connectivity index (χ1v) is 9.75. The number of hydrogen-bond acceptors (Lipinski definition) is 3. The van der Waals surface area contributed by atoms with Gasteiger partial charge in [-0.05, 0) is 42.2 Å². The van der Waals surface area contributed by atoms with Crippen molar-refractivity contribution in [3.05, 3.63) is 101 Å². The van der Waals surface area contributed by atoms with E-state index >= 15 is 0 Å². The normalized spacial score (nSPS) is 12.1. The molecule has 0 spiro atoms. The SMILES string of the molecule is COc1ccc(CN(Cc2cccc(C)c2)C[C@H](O)Cc2ccccc2)cc1. The second kappa shape index (κ2) is 10.1. The molecular weight excluding hydrogens is 346 g/mol. The van der Waals surface area contributed by atoms with Gasteiger partial charge in [-0.1, -0.05) is 72.3 Å². The molecule has 0 saturated heterocycles. The fourth-order valence-electron chi connectivity index (χ4n) is 3.49. The summed E-state index contributed by atoms with van der Waals surface area (Å²) in [6.07, 6.45) is 0.249. The van der Waals surface area contributed by atoms with E-state index in [9.17, 15) is 5.11 Å². The summed E-state index contributed by atoms with van der Waals surface area (Å²) in [6.45, 7) is 4.32. The largest absolute Gasteiger partial charge is 0.497 e. The molecule has 0 bridgehead atoms. The van der Waals surface area contributed by atoms with Crippen LogP contribution in [0.5, 0.6) is 5.75 Å². The van der Waals surface area contributed by atoms with Crippen molar-refractivity contribution in [3.63, 3.8) is 0 Å². The Bertz CT molecular complexity index is 846. The highest BCUT2D eigenvalue weighted by molar-refractivity contribution is 5.27. The molecule has 0 amide bonds. The van der Waals surface area contributed by atoms with Crippen molar-refractivity contribution in [2.24, 2.45) is 0 Å². The van der Waals surface area contributed by atoms with Gasteiger partial charge in [-0.25, -0.2) is 0 Å². The lowest BCUT2D eigenvalue weighted by atomic mass is 10.1. The van der Waals surface area contributed by atoms with Crippen LogP contribution in [0.25, 0.3) is 0 Å². The van der Waals surface area contributed by atoms with Crippen LogP contribution in [0.15, 0.2) is 78.9 Å². The molecule has 0 heterocycles. The molecule has 3 aromatic carbocycles. The standard InChI is InChI=1S/C25H29NO2/c1-20-7-6-10-23(15-20)18-26(17-22-11-13-25(28-2)14-12-22)19-24(27)16-21-8-4-3-5-9-21/h3-15,24,27H,16-19H2,1-2H3/t24-/m1/s1. The van der Waals surface area contributed by atoms with Gasteiger partial charge >= 0.3 is 0 Å². The summed E-state index contributed by atoms with van der Waals surface area (Å²) in [5.74, 6) is 0.859. The number of rotatable bonds is 9. The van der Waals surface area contributed by atoms with Crippen LogP contribution >= 0.6 is 0 Å². The van der Waals surface area contributed by atoms with Gasteiger partial charge < -0.3 is 9.84 Å². The first-order chi connectivity index (χ1) is 13.6. The number of hydrogen-bond donors (Lipinski definition) is 1. The summed E-state index contributed by atoms with van der Waals surface area (Å²) in [5, 5.41) is 10.7. The number of aliphatic hydroxyl groups is 1. The van der Waals surface area contributed by atoms with Crippen molar-refractivity contribution in [3.8, 4) is 5.75 Å². The Balaban J connectivity index is 1.70. The molecule has 0 radical (unpaired) electrons. The third kappa shape index (κ3) is 6.22.